The molecule has 142 valence electrons. The molecule has 1 saturated heterocycles. The second-order valence-corrected chi connectivity index (χ2v) is 6.92. The quantitative estimate of drug-likeness (QED) is 0.710. The van der Waals surface area contributed by atoms with Crippen LogP contribution < -0.4 is 11.4 Å². The van der Waals surface area contributed by atoms with Gasteiger partial charge in [0.25, 0.3) is 5.91 Å². The summed E-state index contributed by atoms with van der Waals surface area (Å²) in [6.07, 6.45) is 1.53. The average molecular weight is 370 g/mol. The highest BCUT2D eigenvalue weighted by molar-refractivity contribution is 5.97. The Morgan fingerprint density at radius 2 is 1.96 bits per heavy atom. The molecule has 3 aromatic rings. The zero-order chi connectivity index (χ0) is 19.1. The molecule has 9 heteroatoms. The lowest BCUT2D eigenvalue weighted by atomic mass is 9.95. The molecular formula is C18H22N6O3. The number of aryl methyl sites for hydroxylation is 1. The number of piperidine rings is 1. The van der Waals surface area contributed by atoms with Crippen molar-refractivity contribution in [3.05, 3.63) is 50.6 Å². The number of carbonyl (C=O) groups is 1. The van der Waals surface area contributed by atoms with E-state index in [1.54, 1.807) is 29.8 Å². The first kappa shape index (κ1) is 17.3. The van der Waals surface area contributed by atoms with E-state index in [4.69, 9.17) is 0 Å². The summed E-state index contributed by atoms with van der Waals surface area (Å²) in [7, 11) is 1.69. The van der Waals surface area contributed by atoms with E-state index in [1.165, 1.54) is 4.57 Å². The monoisotopic (exact) mass is 370 g/mol. The molecule has 0 saturated carbocycles. The maximum Gasteiger partial charge on any atom is 0.343 e. The van der Waals surface area contributed by atoms with Crippen LogP contribution in [0.2, 0.25) is 0 Å². The van der Waals surface area contributed by atoms with Gasteiger partial charge in [-0.25, -0.2) is 14.7 Å². The molecular weight excluding hydrogens is 348 g/mol. The summed E-state index contributed by atoms with van der Waals surface area (Å²) in [4.78, 5) is 40.9. The molecule has 2 N–H and O–H groups in total. The van der Waals surface area contributed by atoms with Gasteiger partial charge >= 0.3 is 11.4 Å². The molecule has 0 unspecified atom stereocenters. The van der Waals surface area contributed by atoms with Crippen molar-refractivity contribution in [1.29, 1.82) is 0 Å². The Kier molecular flexibility index (Phi) is 4.21. The van der Waals surface area contributed by atoms with Crippen LogP contribution in [0, 0.1) is 0 Å². The van der Waals surface area contributed by atoms with Crippen LogP contribution in [0.25, 0.3) is 11.0 Å². The fourth-order valence-corrected chi connectivity index (χ4v) is 3.84. The predicted molar refractivity (Wildman–Crippen MR) is 99.9 cm³/mol. The van der Waals surface area contributed by atoms with Gasteiger partial charge < -0.3 is 9.88 Å². The molecule has 0 aliphatic carbocycles. The van der Waals surface area contributed by atoms with E-state index in [0.29, 0.717) is 30.7 Å². The molecule has 1 aliphatic rings. The third kappa shape index (κ3) is 2.88. The second kappa shape index (κ2) is 6.57. The summed E-state index contributed by atoms with van der Waals surface area (Å²) in [5.74, 6) is 0.897. The molecule has 1 amide bonds. The van der Waals surface area contributed by atoms with E-state index >= 15 is 0 Å². The maximum absolute atomic E-state index is 12.9. The van der Waals surface area contributed by atoms with Gasteiger partial charge in [0.15, 0.2) is 0 Å². The molecule has 3 heterocycles. The van der Waals surface area contributed by atoms with Gasteiger partial charge in [0.1, 0.15) is 5.82 Å². The fourth-order valence-electron chi connectivity index (χ4n) is 3.84. The van der Waals surface area contributed by atoms with Crippen LogP contribution in [0.3, 0.4) is 0 Å². The number of hydrogen-bond acceptors (Lipinski definition) is 4. The Morgan fingerprint density at radius 3 is 2.67 bits per heavy atom. The number of amides is 1. The van der Waals surface area contributed by atoms with Crippen molar-refractivity contribution >= 4 is 16.9 Å². The Labute approximate surface area is 154 Å². The topological polar surface area (TPSA) is 109 Å². The summed E-state index contributed by atoms with van der Waals surface area (Å²) in [5.41, 5.74) is 1.61. The van der Waals surface area contributed by atoms with Crippen LogP contribution in [0.4, 0.5) is 0 Å². The first-order valence-corrected chi connectivity index (χ1v) is 9.12. The van der Waals surface area contributed by atoms with Crippen molar-refractivity contribution in [1.82, 2.24) is 29.2 Å². The molecule has 0 atom stereocenters. The maximum atomic E-state index is 12.9. The summed E-state index contributed by atoms with van der Waals surface area (Å²) < 4.78 is 3.17. The first-order valence-electron chi connectivity index (χ1n) is 9.12. The molecule has 1 fully saturated rings. The molecule has 0 bridgehead atoms. The smallest absolute Gasteiger partial charge is 0.339 e. The van der Waals surface area contributed by atoms with E-state index in [0.717, 1.165) is 24.2 Å². The van der Waals surface area contributed by atoms with E-state index in [2.05, 4.69) is 15.2 Å². The number of nitrogens with zero attached hydrogens (tertiary/aromatic N) is 4. The Hall–Kier alpha value is -3.10. The van der Waals surface area contributed by atoms with Gasteiger partial charge in [-0.15, -0.1) is 0 Å². The van der Waals surface area contributed by atoms with Gasteiger partial charge in [0, 0.05) is 38.2 Å². The van der Waals surface area contributed by atoms with Crippen molar-refractivity contribution in [3.8, 4) is 0 Å². The van der Waals surface area contributed by atoms with Gasteiger partial charge in [0.2, 0.25) is 0 Å². The van der Waals surface area contributed by atoms with Crippen molar-refractivity contribution in [2.45, 2.75) is 32.2 Å². The first-order chi connectivity index (χ1) is 13.0. The Bertz CT molecular complexity index is 1110. The zero-order valence-electron chi connectivity index (χ0n) is 15.4. The summed E-state index contributed by atoms with van der Waals surface area (Å²) >= 11 is 0. The number of nitrogens with one attached hydrogen (secondary N) is 2. The third-order valence-electron chi connectivity index (χ3n) is 5.40. The van der Waals surface area contributed by atoms with Crippen LogP contribution in [0.5, 0.6) is 0 Å². The summed E-state index contributed by atoms with van der Waals surface area (Å²) in [6.45, 7) is 3.72. The van der Waals surface area contributed by atoms with E-state index in [9.17, 15) is 14.4 Å². The molecule has 27 heavy (non-hydrogen) atoms. The SMILES string of the molecule is CCn1c(C2CCN(C(=O)c3ccc4c(c3)[nH]c(=O)n4C)CC2)n[nH]c1=O. The number of likely N-dealkylation sites (tertiary alicyclic amines) is 1. The van der Waals surface area contributed by atoms with Gasteiger partial charge in [-0.3, -0.25) is 13.9 Å². The van der Waals surface area contributed by atoms with Gasteiger partial charge in [-0.1, -0.05) is 0 Å². The molecule has 1 aliphatic heterocycles. The van der Waals surface area contributed by atoms with Crippen LogP contribution in [-0.4, -0.2) is 48.2 Å². The minimum Gasteiger partial charge on any atom is -0.339 e. The number of carbonyl (C=O) groups excluding carboxylic acids is 1. The average Bonchev–Trinajstić information content (AvgIpc) is 3.20. The lowest BCUT2D eigenvalue weighted by molar-refractivity contribution is 0.0710. The normalized spacial score (nSPS) is 15.6. The largest absolute Gasteiger partial charge is 0.343 e. The summed E-state index contributed by atoms with van der Waals surface area (Å²) in [5, 5.41) is 6.68. The van der Waals surface area contributed by atoms with Crippen molar-refractivity contribution < 1.29 is 4.79 Å². The van der Waals surface area contributed by atoms with Crippen LogP contribution in [0.15, 0.2) is 27.8 Å². The van der Waals surface area contributed by atoms with Crippen LogP contribution in [0.1, 0.15) is 41.9 Å². The molecule has 2 aromatic heterocycles. The van der Waals surface area contributed by atoms with Gasteiger partial charge in [-0.05, 0) is 38.0 Å². The highest BCUT2D eigenvalue weighted by Gasteiger charge is 2.28. The van der Waals surface area contributed by atoms with E-state index in [-0.39, 0.29) is 23.2 Å². The second-order valence-electron chi connectivity index (χ2n) is 6.92. The number of H-pyrrole nitrogens is 2. The minimum atomic E-state index is -0.198. The third-order valence-corrected chi connectivity index (χ3v) is 5.40. The zero-order valence-corrected chi connectivity index (χ0v) is 15.4. The van der Waals surface area contributed by atoms with Crippen LogP contribution in [-0.2, 0) is 13.6 Å². The highest BCUT2D eigenvalue weighted by Crippen LogP contribution is 2.27. The molecule has 4 rings (SSSR count). The number of hydrogen-bond donors (Lipinski definition) is 2. The lowest BCUT2D eigenvalue weighted by Crippen LogP contribution is -2.38. The molecule has 0 radical (unpaired) electrons. The minimum absolute atomic E-state index is 0.0463. The van der Waals surface area contributed by atoms with Crippen molar-refractivity contribution in [2.24, 2.45) is 7.05 Å². The number of aromatic nitrogens is 5. The van der Waals surface area contributed by atoms with Crippen molar-refractivity contribution in [2.75, 3.05) is 13.1 Å². The highest BCUT2D eigenvalue weighted by atomic mass is 16.2. The van der Waals surface area contributed by atoms with Gasteiger partial charge in [-0.2, -0.15) is 5.10 Å². The number of fused-ring (bicyclic) bond motifs is 1. The Morgan fingerprint density at radius 1 is 1.22 bits per heavy atom. The number of benzene rings is 1. The fraction of sp³-hybridized carbons (Fsp3) is 0.444. The summed E-state index contributed by atoms with van der Waals surface area (Å²) in [6, 6.07) is 5.27. The molecule has 9 nitrogen and oxygen atoms in total. The Balaban J connectivity index is 1.50. The van der Waals surface area contributed by atoms with E-state index < -0.39 is 0 Å². The number of aromatic amines is 2. The standard InChI is InChI=1S/C18H22N6O3/c1-3-24-15(20-21-18(24)27)11-6-8-23(9-7-11)16(25)12-4-5-14-13(10-12)19-17(26)22(14)2/h4-5,10-11H,3,6-9H2,1-2H3,(H,19,26)(H,21,27). The number of imidazole rings is 1. The molecule has 1 aromatic carbocycles. The van der Waals surface area contributed by atoms with Crippen molar-refractivity contribution in [3.63, 3.8) is 0 Å². The predicted octanol–water partition coefficient (Wildman–Crippen LogP) is 0.791. The number of rotatable bonds is 3. The van der Waals surface area contributed by atoms with E-state index in [1.807, 2.05) is 11.8 Å². The lowest BCUT2D eigenvalue weighted by Gasteiger charge is -2.31. The van der Waals surface area contributed by atoms with Gasteiger partial charge in [0.05, 0.1) is 11.0 Å². The van der Waals surface area contributed by atoms with Crippen LogP contribution >= 0.6 is 0 Å². The molecule has 0 spiro atoms.